The largest absolute Gasteiger partial charge is 0.302 e. The van der Waals surface area contributed by atoms with E-state index in [0.29, 0.717) is 27.4 Å². The van der Waals surface area contributed by atoms with Crippen LogP contribution in [0.15, 0.2) is 54.6 Å². The molecule has 33 heavy (non-hydrogen) atoms. The summed E-state index contributed by atoms with van der Waals surface area (Å²) in [6, 6.07) is 16.2. The van der Waals surface area contributed by atoms with Gasteiger partial charge >= 0.3 is 0 Å². The minimum Gasteiger partial charge on any atom is -0.302 e. The number of alkyl halides is 2. The highest BCUT2D eigenvalue weighted by atomic mass is 79.9. The fourth-order valence-corrected chi connectivity index (χ4v) is 7.62. The molecule has 0 fully saturated rings. The molecule has 6 heteroatoms. The van der Waals surface area contributed by atoms with Crippen molar-refractivity contribution in [3.8, 4) is 0 Å². The molecule has 0 saturated heterocycles. The lowest BCUT2D eigenvalue weighted by Gasteiger charge is -2.22. The second-order valence-corrected chi connectivity index (χ2v) is 11.9. The summed E-state index contributed by atoms with van der Waals surface area (Å²) in [6.07, 6.45) is 0.832. The van der Waals surface area contributed by atoms with Gasteiger partial charge in [0.05, 0.1) is 0 Å². The van der Waals surface area contributed by atoms with Crippen LogP contribution >= 0.6 is 39.0 Å². The van der Waals surface area contributed by atoms with E-state index >= 15 is 0 Å². The SMILES string of the molecule is CCc1cc(C)c(C(=O)P(=O)(C(=O)c2c(C)cc(CBr)cc2CBr)c2ccccc2)c(C)c1. The Hall–Kier alpha value is -1.81. The molecular weight excluding hydrogens is 563 g/mol. The third-order valence-corrected chi connectivity index (χ3v) is 9.76. The summed E-state index contributed by atoms with van der Waals surface area (Å²) in [4.78, 5) is 28.2. The highest BCUT2D eigenvalue weighted by molar-refractivity contribution is 9.08. The van der Waals surface area contributed by atoms with Crippen molar-refractivity contribution in [2.24, 2.45) is 0 Å². The zero-order chi connectivity index (χ0) is 24.3. The normalized spacial score (nSPS) is 12.9. The van der Waals surface area contributed by atoms with Gasteiger partial charge in [0.15, 0.2) is 0 Å². The first-order valence-corrected chi connectivity index (χ1v) is 14.7. The Balaban J connectivity index is 2.30. The zero-order valence-corrected chi connectivity index (χ0v) is 23.3. The fourth-order valence-electron chi connectivity index (χ4n) is 4.30. The Morgan fingerprint density at radius 2 is 1.27 bits per heavy atom. The van der Waals surface area contributed by atoms with Gasteiger partial charge in [-0.2, -0.15) is 0 Å². The quantitative estimate of drug-likeness (QED) is 0.200. The van der Waals surface area contributed by atoms with Crippen molar-refractivity contribution in [1.29, 1.82) is 0 Å². The average Bonchev–Trinajstić information content (AvgIpc) is 2.82. The van der Waals surface area contributed by atoms with Crippen LogP contribution in [0.25, 0.3) is 0 Å². The van der Waals surface area contributed by atoms with E-state index in [2.05, 4.69) is 38.8 Å². The summed E-state index contributed by atoms with van der Waals surface area (Å²) >= 11 is 6.94. The van der Waals surface area contributed by atoms with Crippen LogP contribution < -0.4 is 5.30 Å². The molecule has 3 aromatic carbocycles. The first kappa shape index (κ1) is 25.8. The molecule has 0 heterocycles. The molecule has 0 N–H and O–H groups in total. The second kappa shape index (κ2) is 10.6. The van der Waals surface area contributed by atoms with Gasteiger partial charge < -0.3 is 4.57 Å². The van der Waals surface area contributed by atoms with Crippen molar-refractivity contribution < 1.29 is 14.2 Å². The molecule has 0 radical (unpaired) electrons. The van der Waals surface area contributed by atoms with E-state index in [9.17, 15) is 14.2 Å². The first-order chi connectivity index (χ1) is 15.7. The Bertz CT molecular complexity index is 1240. The van der Waals surface area contributed by atoms with Gasteiger partial charge in [0, 0.05) is 27.1 Å². The van der Waals surface area contributed by atoms with Gasteiger partial charge in [-0.05, 0) is 60.6 Å². The van der Waals surface area contributed by atoms with Crippen LogP contribution in [-0.4, -0.2) is 11.0 Å². The van der Waals surface area contributed by atoms with Gasteiger partial charge in [-0.3, -0.25) is 9.59 Å². The molecule has 1 unspecified atom stereocenters. The van der Waals surface area contributed by atoms with Crippen LogP contribution in [0.2, 0.25) is 0 Å². The summed E-state index contributed by atoms with van der Waals surface area (Å²) in [7, 11) is -4.18. The van der Waals surface area contributed by atoms with E-state index in [1.807, 2.05) is 45.0 Å². The Kier molecular flexibility index (Phi) is 8.31. The predicted molar refractivity (Wildman–Crippen MR) is 144 cm³/mol. The maximum atomic E-state index is 14.7. The zero-order valence-electron chi connectivity index (χ0n) is 19.2. The van der Waals surface area contributed by atoms with Crippen LogP contribution in [-0.2, 0) is 21.6 Å². The summed E-state index contributed by atoms with van der Waals surface area (Å²) in [5, 5.41) is 1.32. The standard InChI is InChI=1S/C27H27Br2O3P/c1-5-20-11-17(2)24(18(3)12-20)26(30)33(32,23-9-7-6-8-10-23)27(31)25-19(4)13-21(15-28)14-22(25)16-29/h6-14H,5,15-16H2,1-4H3. The number of benzene rings is 3. The number of rotatable bonds is 8. The van der Waals surface area contributed by atoms with Crippen molar-refractivity contribution in [3.05, 3.63) is 99.1 Å². The molecule has 3 nitrogen and oxygen atoms in total. The molecule has 1 atom stereocenters. The molecule has 0 spiro atoms. The van der Waals surface area contributed by atoms with Gasteiger partial charge in [-0.25, -0.2) is 0 Å². The highest BCUT2D eigenvalue weighted by Crippen LogP contribution is 2.53. The van der Waals surface area contributed by atoms with Gasteiger partial charge in [0.2, 0.25) is 18.2 Å². The number of aryl methyl sites for hydroxylation is 4. The maximum Gasteiger partial charge on any atom is 0.248 e. The number of halogens is 2. The second-order valence-electron chi connectivity index (χ2n) is 8.23. The molecule has 0 aliphatic rings. The van der Waals surface area contributed by atoms with Crippen molar-refractivity contribution >= 4 is 55.4 Å². The van der Waals surface area contributed by atoms with Gasteiger partial charge in [-0.1, -0.05) is 93.4 Å². The Morgan fingerprint density at radius 3 is 1.79 bits per heavy atom. The summed E-state index contributed by atoms with van der Waals surface area (Å²) in [5.74, 6) is 0. The number of carbonyl (C=O) groups is 2. The van der Waals surface area contributed by atoms with Crippen LogP contribution in [0.4, 0.5) is 0 Å². The van der Waals surface area contributed by atoms with Crippen molar-refractivity contribution in [1.82, 2.24) is 0 Å². The lowest BCUT2D eigenvalue weighted by Crippen LogP contribution is -2.23. The first-order valence-electron chi connectivity index (χ1n) is 10.8. The molecule has 172 valence electrons. The summed E-state index contributed by atoms with van der Waals surface area (Å²) in [6.45, 7) is 7.57. The molecule has 0 bridgehead atoms. The Morgan fingerprint density at radius 1 is 0.758 bits per heavy atom. The number of hydrogen-bond donors (Lipinski definition) is 0. The summed E-state index contributed by atoms with van der Waals surface area (Å²) in [5.41, 5.74) is 4.58. The molecule has 0 aromatic heterocycles. The van der Waals surface area contributed by atoms with Crippen LogP contribution in [0.1, 0.15) is 61.0 Å². The number of carbonyl (C=O) groups excluding carboxylic acids is 2. The summed E-state index contributed by atoms with van der Waals surface area (Å²) < 4.78 is 14.7. The fraction of sp³-hybridized carbons (Fsp3) is 0.259. The number of hydrogen-bond acceptors (Lipinski definition) is 3. The minimum absolute atomic E-state index is 0.267. The van der Waals surface area contributed by atoms with E-state index in [-0.39, 0.29) is 5.30 Å². The van der Waals surface area contributed by atoms with E-state index in [1.165, 1.54) is 0 Å². The van der Waals surface area contributed by atoms with E-state index < -0.39 is 18.2 Å². The third kappa shape index (κ3) is 4.87. The topological polar surface area (TPSA) is 51.2 Å². The molecule has 0 aliphatic carbocycles. The molecule has 0 saturated carbocycles. The molecule has 3 rings (SSSR count). The molecule has 0 aliphatic heterocycles. The van der Waals surface area contributed by atoms with Crippen LogP contribution in [0, 0.1) is 20.8 Å². The van der Waals surface area contributed by atoms with Crippen LogP contribution in [0.5, 0.6) is 0 Å². The van der Waals surface area contributed by atoms with Gasteiger partial charge in [0.1, 0.15) is 0 Å². The molecule has 3 aromatic rings. The lowest BCUT2D eigenvalue weighted by molar-refractivity contribution is 0.104. The average molecular weight is 590 g/mol. The smallest absolute Gasteiger partial charge is 0.248 e. The minimum atomic E-state index is -4.18. The maximum absolute atomic E-state index is 14.7. The van der Waals surface area contributed by atoms with Gasteiger partial charge in [-0.15, -0.1) is 0 Å². The van der Waals surface area contributed by atoms with Crippen LogP contribution in [0.3, 0.4) is 0 Å². The van der Waals surface area contributed by atoms with Crippen molar-refractivity contribution in [2.45, 2.75) is 44.8 Å². The van der Waals surface area contributed by atoms with Gasteiger partial charge in [0.25, 0.3) is 0 Å². The van der Waals surface area contributed by atoms with Crippen molar-refractivity contribution in [3.63, 3.8) is 0 Å². The van der Waals surface area contributed by atoms with E-state index in [0.717, 1.165) is 34.2 Å². The lowest BCUT2D eigenvalue weighted by atomic mass is 9.99. The predicted octanol–water partition coefficient (Wildman–Crippen LogP) is 7.63. The molecular formula is C27H27Br2O3P. The van der Waals surface area contributed by atoms with Crippen molar-refractivity contribution in [2.75, 3.05) is 0 Å². The molecule has 0 amide bonds. The highest BCUT2D eigenvalue weighted by Gasteiger charge is 2.44. The third-order valence-electron chi connectivity index (χ3n) is 5.90. The monoisotopic (exact) mass is 588 g/mol. The van der Waals surface area contributed by atoms with E-state index in [4.69, 9.17) is 0 Å². The van der Waals surface area contributed by atoms with E-state index in [1.54, 1.807) is 30.3 Å². The Labute approximate surface area is 212 Å².